The summed E-state index contributed by atoms with van der Waals surface area (Å²) in [4.78, 5) is 0. The molecule has 0 aliphatic heterocycles. The fourth-order valence-corrected chi connectivity index (χ4v) is 3.30. The molecular weight excluding hydrogens is 258 g/mol. The molecule has 106 valence electrons. The molecule has 2 N–H and O–H groups in total. The molecule has 21 heavy (non-hydrogen) atoms. The molecule has 4 rings (SSSR count). The van der Waals surface area contributed by atoms with Crippen LogP contribution in [0.2, 0.25) is 0 Å². The molecule has 1 aliphatic rings. The van der Waals surface area contributed by atoms with Crippen LogP contribution in [0.25, 0.3) is 10.9 Å². The fraction of sp³-hybridized carbons (Fsp3) is 0.278. The Morgan fingerprint density at radius 3 is 2.86 bits per heavy atom. The van der Waals surface area contributed by atoms with Crippen molar-refractivity contribution in [2.75, 3.05) is 5.32 Å². The van der Waals surface area contributed by atoms with Gasteiger partial charge in [0.2, 0.25) is 0 Å². The van der Waals surface area contributed by atoms with Crippen LogP contribution in [-0.2, 0) is 0 Å². The predicted octanol–water partition coefficient (Wildman–Crippen LogP) is 4.23. The molecule has 3 heteroatoms. The largest absolute Gasteiger partial charge is 0.382 e. The zero-order valence-electron chi connectivity index (χ0n) is 12.1. The van der Waals surface area contributed by atoms with Crippen molar-refractivity contribution in [3.8, 4) is 0 Å². The summed E-state index contributed by atoms with van der Waals surface area (Å²) in [6.07, 6.45) is 4.31. The van der Waals surface area contributed by atoms with Crippen molar-refractivity contribution in [1.29, 1.82) is 0 Å². The molecule has 1 aliphatic carbocycles. The first-order chi connectivity index (χ1) is 10.3. The first-order valence-electron chi connectivity index (χ1n) is 7.55. The van der Waals surface area contributed by atoms with E-state index < -0.39 is 0 Å². The van der Waals surface area contributed by atoms with E-state index in [-0.39, 0.29) is 0 Å². The number of anilines is 1. The molecule has 1 heterocycles. The van der Waals surface area contributed by atoms with Gasteiger partial charge in [0, 0.05) is 17.1 Å². The van der Waals surface area contributed by atoms with Crippen molar-refractivity contribution >= 4 is 16.6 Å². The second-order valence-corrected chi connectivity index (χ2v) is 6.04. The highest BCUT2D eigenvalue weighted by Gasteiger charge is 2.30. The van der Waals surface area contributed by atoms with Crippen molar-refractivity contribution in [2.45, 2.75) is 31.7 Å². The first-order valence-corrected chi connectivity index (χ1v) is 7.55. The third kappa shape index (κ3) is 2.29. The van der Waals surface area contributed by atoms with E-state index in [1.54, 1.807) is 0 Å². The van der Waals surface area contributed by atoms with E-state index in [1.807, 2.05) is 6.20 Å². The van der Waals surface area contributed by atoms with E-state index in [0.29, 0.717) is 12.0 Å². The number of rotatable bonds is 3. The van der Waals surface area contributed by atoms with E-state index in [4.69, 9.17) is 0 Å². The highest BCUT2D eigenvalue weighted by Crippen LogP contribution is 2.39. The third-order valence-electron chi connectivity index (χ3n) is 4.58. The molecular formula is C18H19N3. The van der Waals surface area contributed by atoms with E-state index in [1.165, 1.54) is 29.7 Å². The summed E-state index contributed by atoms with van der Waals surface area (Å²) >= 11 is 0. The number of aryl methyl sites for hydroxylation is 1. The summed E-state index contributed by atoms with van der Waals surface area (Å²) < 4.78 is 0. The number of nitrogens with one attached hydrogen (secondary N) is 2. The van der Waals surface area contributed by atoms with Crippen LogP contribution in [0.1, 0.15) is 29.9 Å². The van der Waals surface area contributed by atoms with Gasteiger partial charge in [0.05, 0.1) is 11.7 Å². The fourth-order valence-electron chi connectivity index (χ4n) is 3.30. The van der Waals surface area contributed by atoms with Crippen molar-refractivity contribution in [3.05, 3.63) is 59.8 Å². The van der Waals surface area contributed by atoms with Gasteiger partial charge in [-0.3, -0.25) is 5.10 Å². The molecule has 0 amide bonds. The van der Waals surface area contributed by atoms with Crippen molar-refractivity contribution in [1.82, 2.24) is 10.2 Å². The van der Waals surface area contributed by atoms with Gasteiger partial charge >= 0.3 is 0 Å². The molecule has 2 aromatic carbocycles. The summed E-state index contributed by atoms with van der Waals surface area (Å²) in [5.41, 5.74) is 5.21. The number of aromatic amines is 1. The molecule has 3 aromatic rings. The molecule has 0 atom stereocenters. The minimum atomic E-state index is 0.582. The maximum Gasteiger partial charge on any atom is 0.0651 e. The topological polar surface area (TPSA) is 40.7 Å². The van der Waals surface area contributed by atoms with Crippen LogP contribution in [-0.4, -0.2) is 16.2 Å². The number of aromatic nitrogens is 2. The monoisotopic (exact) mass is 277 g/mol. The molecule has 0 unspecified atom stereocenters. The summed E-state index contributed by atoms with van der Waals surface area (Å²) in [7, 11) is 0. The standard InChI is InChI=1S/C18H19N3/c1-12-4-2-3-5-17(12)13-8-16(9-13)20-15-6-7-18-14(10-15)11-19-21-18/h2-7,10-11,13,16,20H,8-9H2,1H3,(H,19,21). The van der Waals surface area contributed by atoms with Crippen molar-refractivity contribution in [3.63, 3.8) is 0 Å². The van der Waals surface area contributed by atoms with Gasteiger partial charge in [-0.1, -0.05) is 24.3 Å². The van der Waals surface area contributed by atoms with Gasteiger partial charge in [-0.25, -0.2) is 0 Å². The lowest BCUT2D eigenvalue weighted by molar-refractivity contribution is 0.373. The van der Waals surface area contributed by atoms with E-state index in [0.717, 1.165) is 10.9 Å². The summed E-state index contributed by atoms with van der Waals surface area (Å²) in [6, 6.07) is 15.7. The van der Waals surface area contributed by atoms with Crippen molar-refractivity contribution in [2.24, 2.45) is 0 Å². The Bertz CT molecular complexity index is 769. The quantitative estimate of drug-likeness (QED) is 0.752. The molecule has 3 nitrogen and oxygen atoms in total. The highest BCUT2D eigenvalue weighted by atomic mass is 15.1. The Morgan fingerprint density at radius 1 is 1.14 bits per heavy atom. The minimum absolute atomic E-state index is 0.582. The average molecular weight is 277 g/mol. The van der Waals surface area contributed by atoms with E-state index in [9.17, 15) is 0 Å². The van der Waals surface area contributed by atoms with Gasteiger partial charge in [0.25, 0.3) is 0 Å². The second-order valence-electron chi connectivity index (χ2n) is 6.04. The molecule has 0 spiro atoms. The second kappa shape index (κ2) is 4.92. The summed E-state index contributed by atoms with van der Waals surface area (Å²) in [6.45, 7) is 2.21. The van der Waals surface area contributed by atoms with Crippen LogP contribution in [0.4, 0.5) is 5.69 Å². The molecule has 1 fully saturated rings. The van der Waals surface area contributed by atoms with E-state index in [2.05, 4.69) is 64.9 Å². The van der Waals surface area contributed by atoms with E-state index >= 15 is 0 Å². The molecule has 0 bridgehead atoms. The predicted molar refractivity (Wildman–Crippen MR) is 86.7 cm³/mol. The number of hydrogen-bond donors (Lipinski definition) is 2. The van der Waals surface area contributed by atoms with Gasteiger partial charge in [-0.05, 0) is 55.0 Å². The molecule has 0 radical (unpaired) electrons. The van der Waals surface area contributed by atoms with Gasteiger partial charge in [0.1, 0.15) is 0 Å². The van der Waals surface area contributed by atoms with Crippen LogP contribution < -0.4 is 5.32 Å². The van der Waals surface area contributed by atoms with Gasteiger partial charge in [0.15, 0.2) is 0 Å². The summed E-state index contributed by atoms with van der Waals surface area (Å²) in [5, 5.41) is 11.8. The smallest absolute Gasteiger partial charge is 0.0651 e. The number of fused-ring (bicyclic) bond motifs is 1. The maximum atomic E-state index is 4.06. The van der Waals surface area contributed by atoms with Gasteiger partial charge < -0.3 is 5.32 Å². The first kappa shape index (κ1) is 12.5. The zero-order valence-corrected chi connectivity index (χ0v) is 12.1. The average Bonchev–Trinajstić information content (AvgIpc) is 2.91. The van der Waals surface area contributed by atoms with Crippen molar-refractivity contribution < 1.29 is 0 Å². The Labute approximate surface area is 124 Å². The Balaban J connectivity index is 1.43. The SMILES string of the molecule is Cc1ccccc1C1CC(Nc2ccc3[nH]ncc3c2)C1. The lowest BCUT2D eigenvalue weighted by Crippen LogP contribution is -2.34. The highest BCUT2D eigenvalue weighted by molar-refractivity contribution is 5.81. The Morgan fingerprint density at radius 2 is 2.00 bits per heavy atom. The maximum absolute atomic E-state index is 4.06. The number of nitrogens with zero attached hydrogens (tertiary/aromatic N) is 1. The number of hydrogen-bond acceptors (Lipinski definition) is 2. The minimum Gasteiger partial charge on any atom is -0.382 e. The van der Waals surface area contributed by atoms with Gasteiger partial charge in [-0.2, -0.15) is 5.10 Å². The number of benzene rings is 2. The summed E-state index contributed by atoms with van der Waals surface area (Å²) in [5.74, 6) is 0.710. The van der Waals surface area contributed by atoms with Crippen LogP contribution in [0.15, 0.2) is 48.7 Å². The third-order valence-corrected chi connectivity index (χ3v) is 4.58. The van der Waals surface area contributed by atoms with Crippen LogP contribution in [0, 0.1) is 6.92 Å². The van der Waals surface area contributed by atoms with Crippen LogP contribution in [0.5, 0.6) is 0 Å². The van der Waals surface area contributed by atoms with Gasteiger partial charge in [-0.15, -0.1) is 0 Å². The van der Waals surface area contributed by atoms with Crippen LogP contribution >= 0.6 is 0 Å². The molecule has 1 saturated carbocycles. The molecule has 1 aromatic heterocycles. The molecule has 0 saturated heterocycles. The Hall–Kier alpha value is -2.29. The number of H-pyrrole nitrogens is 1. The zero-order chi connectivity index (χ0) is 14.2. The lowest BCUT2D eigenvalue weighted by atomic mass is 9.74. The lowest BCUT2D eigenvalue weighted by Gasteiger charge is -2.37. The Kier molecular flexibility index (Phi) is 2.92. The van der Waals surface area contributed by atoms with Crippen LogP contribution in [0.3, 0.4) is 0 Å². The normalized spacial score (nSPS) is 21.2.